The number of carboxylic acid groups (broad SMARTS) is 5. The summed E-state index contributed by atoms with van der Waals surface area (Å²) in [7, 11) is 0. The predicted molar refractivity (Wildman–Crippen MR) is 131 cm³/mol. The van der Waals surface area contributed by atoms with Gasteiger partial charge in [0.05, 0.1) is 37.0 Å². The van der Waals surface area contributed by atoms with Crippen molar-refractivity contribution >= 4 is 52.9 Å². The second-order valence-electron chi connectivity index (χ2n) is 8.36. The van der Waals surface area contributed by atoms with E-state index in [1.165, 1.54) is 4.90 Å². The van der Waals surface area contributed by atoms with E-state index in [1.807, 2.05) is 0 Å². The van der Waals surface area contributed by atoms with Crippen LogP contribution < -0.4 is 0 Å². The number of hydrogen-bond acceptors (Lipinski definition) is 9. The standard InChI is InChI=1S/C22H28N4O10S/c27-18(28)9-24(5-6-25(10-19(29)30)11-20(31)32)7-8-26(13-21(33)34,14-22(35)36)12-16-1-3-17(4-2-16)23-15-37/h1-4H,5-14H2,(H4-,27,28,29,30,31,32,33,34,35,36)/p+1. The van der Waals surface area contributed by atoms with E-state index < -0.39 is 67.1 Å². The average Bonchev–Trinajstić information content (AvgIpc) is 2.75. The van der Waals surface area contributed by atoms with Gasteiger partial charge in [-0.15, -0.1) is 0 Å². The summed E-state index contributed by atoms with van der Waals surface area (Å²) in [5.41, 5.74) is 1.12. The van der Waals surface area contributed by atoms with Crippen molar-refractivity contribution in [2.24, 2.45) is 4.99 Å². The first-order chi connectivity index (χ1) is 17.3. The number of quaternary nitrogens is 1. The molecule has 0 aromatic heterocycles. The third-order valence-corrected chi connectivity index (χ3v) is 5.36. The normalized spacial score (nSPS) is 11.2. The van der Waals surface area contributed by atoms with Gasteiger partial charge in [0.1, 0.15) is 6.54 Å². The van der Waals surface area contributed by atoms with Crippen LogP contribution in [0, 0.1) is 0 Å². The highest BCUT2D eigenvalue weighted by Gasteiger charge is 2.34. The maximum absolute atomic E-state index is 11.7. The Morgan fingerprint density at radius 3 is 1.62 bits per heavy atom. The molecule has 0 radical (unpaired) electrons. The number of hydrogen-bond donors (Lipinski definition) is 5. The maximum atomic E-state index is 11.7. The number of thiocarbonyl (C=S) groups is 1. The summed E-state index contributed by atoms with van der Waals surface area (Å²) in [6.45, 7) is -3.01. The van der Waals surface area contributed by atoms with E-state index in [-0.39, 0.29) is 32.7 Å². The van der Waals surface area contributed by atoms with Crippen LogP contribution in [0.4, 0.5) is 5.69 Å². The Hall–Kier alpha value is -3.75. The molecule has 5 N–H and O–H groups in total. The highest BCUT2D eigenvalue weighted by molar-refractivity contribution is 7.78. The summed E-state index contributed by atoms with van der Waals surface area (Å²) in [5.74, 6) is -6.23. The van der Waals surface area contributed by atoms with Crippen LogP contribution in [0.3, 0.4) is 0 Å². The van der Waals surface area contributed by atoms with Crippen LogP contribution in [0.2, 0.25) is 0 Å². The molecule has 1 aromatic rings. The van der Waals surface area contributed by atoms with Crippen molar-refractivity contribution in [3.63, 3.8) is 0 Å². The third kappa shape index (κ3) is 13.2. The van der Waals surface area contributed by atoms with E-state index in [0.717, 1.165) is 4.90 Å². The number of aliphatic imine (C=N–C) groups is 1. The molecule has 1 rings (SSSR count). The highest BCUT2D eigenvalue weighted by Crippen LogP contribution is 2.19. The van der Waals surface area contributed by atoms with Gasteiger partial charge in [0.15, 0.2) is 13.1 Å². The Morgan fingerprint density at radius 1 is 0.730 bits per heavy atom. The van der Waals surface area contributed by atoms with E-state index in [2.05, 4.69) is 22.4 Å². The molecule has 0 heterocycles. The molecule has 1 aromatic carbocycles. The van der Waals surface area contributed by atoms with Crippen LogP contribution in [0.15, 0.2) is 29.3 Å². The smallest absolute Gasteiger partial charge is 0.359 e. The minimum Gasteiger partial charge on any atom is -0.480 e. The van der Waals surface area contributed by atoms with Crippen LogP contribution in [0.25, 0.3) is 0 Å². The average molecular weight is 542 g/mol. The van der Waals surface area contributed by atoms with Gasteiger partial charge in [-0.3, -0.25) is 24.2 Å². The lowest BCUT2D eigenvalue weighted by Crippen LogP contribution is -2.57. The first-order valence-electron chi connectivity index (χ1n) is 10.9. The van der Waals surface area contributed by atoms with Gasteiger partial charge >= 0.3 is 29.8 Å². The third-order valence-electron chi connectivity index (χ3n) is 5.27. The zero-order valence-electron chi connectivity index (χ0n) is 19.9. The topological polar surface area (TPSA) is 205 Å². The summed E-state index contributed by atoms with van der Waals surface area (Å²) in [6, 6.07) is 6.52. The molecule has 0 fully saturated rings. The fourth-order valence-corrected chi connectivity index (χ4v) is 3.89. The second kappa shape index (κ2) is 15.4. The van der Waals surface area contributed by atoms with Crippen molar-refractivity contribution in [3.05, 3.63) is 29.8 Å². The number of aliphatic carboxylic acids is 5. The van der Waals surface area contributed by atoms with Gasteiger partial charge < -0.3 is 30.0 Å². The quantitative estimate of drug-likeness (QED) is 0.0872. The zero-order chi connectivity index (χ0) is 28.0. The lowest BCUT2D eigenvalue weighted by Gasteiger charge is -2.37. The molecule has 0 aliphatic carbocycles. The van der Waals surface area contributed by atoms with Gasteiger partial charge in [-0.2, -0.15) is 4.99 Å². The molecule has 15 heteroatoms. The number of carbonyl (C=O) groups is 5. The monoisotopic (exact) mass is 541 g/mol. The van der Waals surface area contributed by atoms with Crippen molar-refractivity contribution in [3.8, 4) is 0 Å². The summed E-state index contributed by atoms with van der Waals surface area (Å²) in [4.78, 5) is 63.2. The van der Waals surface area contributed by atoms with Crippen molar-refractivity contribution in [1.29, 1.82) is 0 Å². The molecule has 0 saturated heterocycles. The van der Waals surface area contributed by atoms with Gasteiger partial charge in [-0.05, 0) is 24.4 Å². The lowest BCUT2D eigenvalue weighted by molar-refractivity contribution is -0.927. The summed E-state index contributed by atoms with van der Waals surface area (Å²) < 4.78 is -0.440. The zero-order valence-corrected chi connectivity index (χ0v) is 20.7. The predicted octanol–water partition coefficient (Wildman–Crippen LogP) is -0.235. The number of nitrogens with zero attached hydrogens (tertiary/aromatic N) is 4. The lowest BCUT2D eigenvalue weighted by atomic mass is 10.1. The van der Waals surface area contributed by atoms with Crippen LogP contribution >= 0.6 is 12.2 Å². The van der Waals surface area contributed by atoms with E-state index >= 15 is 0 Å². The van der Waals surface area contributed by atoms with Gasteiger partial charge in [0.2, 0.25) is 0 Å². The van der Waals surface area contributed by atoms with Gasteiger partial charge in [-0.1, -0.05) is 12.1 Å². The minimum atomic E-state index is -1.26. The largest absolute Gasteiger partial charge is 0.480 e. The molecule has 14 nitrogen and oxygen atoms in total. The SMILES string of the molecule is O=C(O)CN(CCN(CC(=O)O)CC(=O)O)CC[N+](CC(=O)O)(CC(=O)O)Cc1ccc(N=C=S)cc1. The fourth-order valence-electron chi connectivity index (χ4n) is 3.79. The van der Waals surface area contributed by atoms with Gasteiger partial charge in [0, 0.05) is 25.2 Å². The Morgan fingerprint density at radius 2 is 1.19 bits per heavy atom. The van der Waals surface area contributed by atoms with Crippen LogP contribution in [-0.2, 0) is 30.5 Å². The van der Waals surface area contributed by atoms with E-state index in [4.69, 9.17) is 10.2 Å². The van der Waals surface area contributed by atoms with Crippen LogP contribution in [0.1, 0.15) is 5.56 Å². The van der Waals surface area contributed by atoms with E-state index in [9.17, 15) is 39.3 Å². The van der Waals surface area contributed by atoms with Crippen molar-refractivity contribution in [2.75, 3.05) is 58.9 Å². The van der Waals surface area contributed by atoms with Crippen molar-refractivity contribution in [2.45, 2.75) is 6.54 Å². The minimum absolute atomic E-state index is 0.00521. The van der Waals surface area contributed by atoms with E-state index in [0.29, 0.717) is 11.3 Å². The molecule has 0 saturated carbocycles. The number of carboxylic acids is 5. The molecule has 0 aliphatic heterocycles. The number of isothiocyanates is 1. The van der Waals surface area contributed by atoms with Gasteiger partial charge in [-0.25, -0.2) is 9.59 Å². The van der Waals surface area contributed by atoms with Gasteiger partial charge in [0.25, 0.3) is 0 Å². The van der Waals surface area contributed by atoms with Crippen molar-refractivity contribution in [1.82, 2.24) is 9.80 Å². The molecular weight excluding hydrogens is 512 g/mol. The number of benzene rings is 1. The van der Waals surface area contributed by atoms with Crippen LogP contribution in [-0.4, -0.2) is 134 Å². The Kier molecular flexibility index (Phi) is 13.0. The molecule has 37 heavy (non-hydrogen) atoms. The molecule has 0 aliphatic rings. The highest BCUT2D eigenvalue weighted by atomic mass is 32.1. The van der Waals surface area contributed by atoms with Crippen molar-refractivity contribution < 1.29 is 54.0 Å². The first kappa shape index (κ1) is 31.3. The molecule has 0 amide bonds. The Balaban J connectivity index is 3.16. The fraction of sp³-hybridized carbons (Fsp3) is 0.455. The second-order valence-corrected chi connectivity index (χ2v) is 8.55. The number of rotatable bonds is 19. The summed E-state index contributed by atoms with van der Waals surface area (Å²) in [6.07, 6.45) is 0. The molecule has 0 spiro atoms. The molecule has 0 atom stereocenters. The molecule has 202 valence electrons. The molecule has 0 bridgehead atoms. The Labute approximate surface area is 217 Å². The molecular formula is C22H29N4O10S+. The summed E-state index contributed by atoms with van der Waals surface area (Å²) in [5, 5.41) is 48.6. The first-order valence-corrected chi connectivity index (χ1v) is 11.3. The van der Waals surface area contributed by atoms with Crippen LogP contribution in [0.5, 0.6) is 0 Å². The molecule has 0 unspecified atom stereocenters. The van der Waals surface area contributed by atoms with E-state index in [1.54, 1.807) is 24.3 Å². The Bertz CT molecular complexity index is 995. The maximum Gasteiger partial charge on any atom is 0.359 e. The summed E-state index contributed by atoms with van der Waals surface area (Å²) >= 11 is 4.56.